The van der Waals surface area contributed by atoms with Crippen LogP contribution < -0.4 is 5.32 Å². The van der Waals surface area contributed by atoms with E-state index in [4.69, 9.17) is 16.7 Å². The second kappa shape index (κ2) is 6.03. The number of hydrogen-bond donors (Lipinski definition) is 2. The Bertz CT molecular complexity index is 769. The molecule has 1 aliphatic heterocycles. The van der Waals surface area contributed by atoms with E-state index in [9.17, 15) is 4.79 Å². The Morgan fingerprint density at radius 3 is 2.50 bits per heavy atom. The molecule has 3 rings (SSSR count). The van der Waals surface area contributed by atoms with Gasteiger partial charge in [0, 0.05) is 23.0 Å². The van der Waals surface area contributed by atoms with Crippen LogP contribution in [-0.2, 0) is 4.79 Å². The third kappa shape index (κ3) is 2.73. The molecule has 110 valence electrons. The molecule has 0 aromatic heterocycles. The van der Waals surface area contributed by atoms with Gasteiger partial charge in [0.1, 0.15) is 0 Å². The molecule has 0 spiro atoms. The van der Waals surface area contributed by atoms with Gasteiger partial charge in [-0.3, -0.25) is 9.79 Å². The van der Waals surface area contributed by atoms with E-state index >= 15 is 0 Å². The third-order valence-corrected chi connectivity index (χ3v) is 3.75. The summed E-state index contributed by atoms with van der Waals surface area (Å²) in [6.07, 6.45) is 1.48. The number of nitrogens with one attached hydrogen (secondary N) is 1. The Kier molecular flexibility index (Phi) is 3.94. The molecule has 0 radical (unpaired) electrons. The van der Waals surface area contributed by atoms with Crippen molar-refractivity contribution in [3.63, 3.8) is 0 Å². The highest BCUT2D eigenvalue weighted by atomic mass is 35.5. The fourth-order valence-electron chi connectivity index (χ4n) is 2.28. The summed E-state index contributed by atoms with van der Waals surface area (Å²) in [5.41, 5.74) is 3.74. The standard InChI is InChI=1S/C17H13ClN2O2/c18-15(17(21)22)14-10-19-16(11-6-2-1-3-7-11)12-8-4-5-9-13(12)20-14/h1-10,15,20H,(H,21,22). The summed E-state index contributed by atoms with van der Waals surface area (Å²) in [4.78, 5) is 15.6. The van der Waals surface area contributed by atoms with Crippen LogP contribution in [0.4, 0.5) is 5.69 Å². The van der Waals surface area contributed by atoms with Crippen molar-refractivity contribution in [2.75, 3.05) is 5.32 Å². The molecule has 0 saturated carbocycles. The summed E-state index contributed by atoms with van der Waals surface area (Å²) >= 11 is 5.93. The summed E-state index contributed by atoms with van der Waals surface area (Å²) in [6, 6.07) is 17.3. The Hall–Kier alpha value is -2.59. The number of para-hydroxylation sites is 1. The molecule has 1 aliphatic rings. The molecule has 2 aromatic rings. The lowest BCUT2D eigenvalue weighted by Gasteiger charge is -2.13. The minimum absolute atomic E-state index is 0.340. The predicted molar refractivity (Wildman–Crippen MR) is 87.5 cm³/mol. The van der Waals surface area contributed by atoms with Gasteiger partial charge >= 0.3 is 5.97 Å². The zero-order chi connectivity index (χ0) is 15.5. The van der Waals surface area contributed by atoms with E-state index in [1.165, 1.54) is 6.20 Å². The Morgan fingerprint density at radius 1 is 1.09 bits per heavy atom. The second-order valence-electron chi connectivity index (χ2n) is 4.80. The van der Waals surface area contributed by atoms with Crippen molar-refractivity contribution in [2.24, 2.45) is 4.99 Å². The van der Waals surface area contributed by atoms with Crippen molar-refractivity contribution in [1.82, 2.24) is 0 Å². The molecule has 4 nitrogen and oxygen atoms in total. The molecule has 1 unspecified atom stereocenters. The van der Waals surface area contributed by atoms with Gasteiger partial charge in [-0.15, -0.1) is 11.6 Å². The van der Waals surface area contributed by atoms with E-state index in [1.807, 2.05) is 54.6 Å². The number of anilines is 1. The van der Waals surface area contributed by atoms with E-state index in [1.54, 1.807) is 0 Å². The molecule has 0 saturated heterocycles. The minimum atomic E-state index is -1.17. The van der Waals surface area contributed by atoms with Crippen LogP contribution in [0, 0.1) is 0 Å². The first kappa shape index (κ1) is 14.4. The van der Waals surface area contributed by atoms with E-state index in [-0.39, 0.29) is 0 Å². The van der Waals surface area contributed by atoms with Crippen molar-refractivity contribution in [2.45, 2.75) is 5.38 Å². The first-order valence-corrected chi connectivity index (χ1v) is 7.17. The Balaban J connectivity index is 2.13. The second-order valence-corrected chi connectivity index (χ2v) is 5.24. The summed E-state index contributed by atoms with van der Waals surface area (Å²) in [5.74, 6) is -1.11. The normalized spacial score (nSPS) is 14.8. The molecule has 5 heteroatoms. The number of halogens is 1. The van der Waals surface area contributed by atoms with Crippen LogP contribution >= 0.6 is 11.6 Å². The number of alkyl halides is 1. The largest absolute Gasteiger partial charge is 0.480 e. The number of carboxylic acid groups (broad SMARTS) is 1. The fourth-order valence-corrected chi connectivity index (χ4v) is 2.39. The van der Waals surface area contributed by atoms with Gasteiger partial charge in [0.15, 0.2) is 5.38 Å². The van der Waals surface area contributed by atoms with Crippen LogP contribution in [0.3, 0.4) is 0 Å². The first-order valence-electron chi connectivity index (χ1n) is 6.73. The number of benzene rings is 2. The van der Waals surface area contributed by atoms with E-state index in [2.05, 4.69) is 10.3 Å². The molecule has 1 heterocycles. The molecule has 1 atom stereocenters. The number of aliphatic imine (C=N–C) groups is 1. The molecule has 0 bridgehead atoms. The monoisotopic (exact) mass is 312 g/mol. The number of aliphatic carboxylic acids is 1. The van der Waals surface area contributed by atoms with Crippen LogP contribution in [0.2, 0.25) is 0 Å². The quantitative estimate of drug-likeness (QED) is 0.853. The molecule has 0 amide bonds. The molecular weight excluding hydrogens is 300 g/mol. The lowest BCUT2D eigenvalue weighted by atomic mass is 10.0. The van der Waals surface area contributed by atoms with Crippen molar-refractivity contribution in [3.05, 3.63) is 77.6 Å². The average Bonchev–Trinajstić information content (AvgIpc) is 2.74. The summed E-state index contributed by atoms with van der Waals surface area (Å²) < 4.78 is 0. The van der Waals surface area contributed by atoms with Gasteiger partial charge in [-0.25, -0.2) is 0 Å². The Labute approximate surface area is 132 Å². The Morgan fingerprint density at radius 2 is 1.77 bits per heavy atom. The van der Waals surface area contributed by atoms with E-state index < -0.39 is 11.3 Å². The van der Waals surface area contributed by atoms with Gasteiger partial charge in [-0.2, -0.15) is 0 Å². The van der Waals surface area contributed by atoms with Gasteiger partial charge in [0.2, 0.25) is 0 Å². The molecular formula is C17H13ClN2O2. The SMILES string of the molecule is O=C(O)C(Cl)C1=CN=C(c2ccccc2)c2ccccc2N1. The van der Waals surface area contributed by atoms with Gasteiger partial charge < -0.3 is 10.4 Å². The molecule has 0 aliphatic carbocycles. The fraction of sp³-hybridized carbons (Fsp3) is 0.0588. The smallest absolute Gasteiger partial charge is 0.327 e. The lowest BCUT2D eigenvalue weighted by molar-refractivity contribution is -0.135. The van der Waals surface area contributed by atoms with Gasteiger partial charge in [-0.05, 0) is 6.07 Å². The molecule has 2 N–H and O–H groups in total. The van der Waals surface area contributed by atoms with Crippen LogP contribution in [0.5, 0.6) is 0 Å². The van der Waals surface area contributed by atoms with Gasteiger partial charge in [0.05, 0.1) is 11.4 Å². The zero-order valence-electron chi connectivity index (χ0n) is 11.5. The van der Waals surface area contributed by atoms with Gasteiger partial charge in [-0.1, -0.05) is 48.5 Å². The van der Waals surface area contributed by atoms with Crippen molar-refractivity contribution >= 4 is 29.0 Å². The van der Waals surface area contributed by atoms with Crippen LogP contribution in [0.1, 0.15) is 11.1 Å². The predicted octanol–water partition coefficient (Wildman–Crippen LogP) is 3.48. The summed E-state index contributed by atoms with van der Waals surface area (Å²) in [5, 5.41) is 11.0. The summed E-state index contributed by atoms with van der Waals surface area (Å²) in [6.45, 7) is 0. The summed E-state index contributed by atoms with van der Waals surface area (Å²) in [7, 11) is 0. The van der Waals surface area contributed by atoms with Crippen molar-refractivity contribution < 1.29 is 9.90 Å². The van der Waals surface area contributed by atoms with Crippen LogP contribution in [0.15, 0.2) is 71.5 Å². The number of fused-ring (bicyclic) bond motifs is 1. The number of rotatable bonds is 3. The third-order valence-electron chi connectivity index (χ3n) is 3.33. The zero-order valence-corrected chi connectivity index (χ0v) is 12.3. The van der Waals surface area contributed by atoms with Gasteiger partial charge in [0.25, 0.3) is 0 Å². The maximum absolute atomic E-state index is 11.1. The average molecular weight is 313 g/mol. The minimum Gasteiger partial charge on any atom is -0.480 e. The lowest BCUT2D eigenvalue weighted by Crippen LogP contribution is -2.21. The molecule has 2 aromatic carbocycles. The van der Waals surface area contributed by atoms with Crippen molar-refractivity contribution in [1.29, 1.82) is 0 Å². The molecule has 22 heavy (non-hydrogen) atoms. The van der Waals surface area contributed by atoms with Crippen LogP contribution in [-0.4, -0.2) is 22.2 Å². The topological polar surface area (TPSA) is 61.7 Å². The van der Waals surface area contributed by atoms with Crippen molar-refractivity contribution in [3.8, 4) is 0 Å². The highest BCUT2D eigenvalue weighted by Gasteiger charge is 2.23. The number of carbonyl (C=O) groups is 1. The molecule has 0 fully saturated rings. The number of hydrogen-bond acceptors (Lipinski definition) is 3. The number of carboxylic acids is 1. The maximum atomic E-state index is 11.1. The van der Waals surface area contributed by atoms with E-state index in [0.717, 1.165) is 22.5 Å². The van der Waals surface area contributed by atoms with E-state index in [0.29, 0.717) is 5.70 Å². The first-order chi connectivity index (χ1) is 10.7. The highest BCUT2D eigenvalue weighted by molar-refractivity contribution is 6.32. The number of nitrogens with zero attached hydrogens (tertiary/aromatic N) is 1. The highest BCUT2D eigenvalue weighted by Crippen LogP contribution is 2.26. The van der Waals surface area contributed by atoms with Crippen LogP contribution in [0.25, 0.3) is 0 Å². The maximum Gasteiger partial charge on any atom is 0.327 e.